The van der Waals surface area contributed by atoms with Crippen LogP contribution in [0.3, 0.4) is 0 Å². The van der Waals surface area contributed by atoms with Gasteiger partial charge in [-0.15, -0.1) is 4.39 Å². The zero-order valence-electron chi connectivity index (χ0n) is 5.35. The van der Waals surface area contributed by atoms with Gasteiger partial charge >= 0.3 is 0 Å². The molecule has 1 amide bonds. The van der Waals surface area contributed by atoms with Crippen molar-refractivity contribution in [2.24, 2.45) is 0 Å². The maximum Gasteiger partial charge on any atom is 0.243 e. The molecule has 0 aliphatic carbocycles. The number of unbranched alkanes of at least 4 members (excludes halogenated alkanes) is 1. The van der Waals surface area contributed by atoms with Gasteiger partial charge < -0.3 is 0 Å². The van der Waals surface area contributed by atoms with Gasteiger partial charge in [0.15, 0.2) is 0 Å². The molecule has 0 aromatic carbocycles. The second-order valence-corrected chi connectivity index (χ2v) is 1.66. The zero-order valence-corrected chi connectivity index (χ0v) is 5.35. The summed E-state index contributed by atoms with van der Waals surface area (Å²) in [7, 11) is 0. The first kappa shape index (κ1) is 8.92. The molecule has 10 heavy (non-hydrogen) atoms. The Hall–Kier alpha value is -1.08. The van der Waals surface area contributed by atoms with Gasteiger partial charge in [-0.1, -0.05) is 5.92 Å². The van der Waals surface area contributed by atoms with Crippen LogP contribution in [0, 0.1) is 12.1 Å². The van der Waals surface area contributed by atoms with Crippen molar-refractivity contribution in [1.29, 1.82) is 0 Å². The molecule has 0 heterocycles. The molecule has 0 spiro atoms. The molecule has 0 fully saturated rings. The Morgan fingerprint density at radius 1 is 1.70 bits per heavy atom. The van der Waals surface area contributed by atoms with Gasteiger partial charge in [0, 0.05) is 12.8 Å². The summed E-state index contributed by atoms with van der Waals surface area (Å²) in [5, 5.41) is 7.98. The van der Waals surface area contributed by atoms with E-state index in [1.165, 1.54) is 11.7 Å². The third-order valence-electron chi connectivity index (χ3n) is 0.897. The second kappa shape index (κ2) is 6.05. The molecule has 0 unspecified atom stereocenters. The van der Waals surface area contributed by atoms with Gasteiger partial charge in [-0.25, -0.2) is 5.48 Å². The van der Waals surface area contributed by atoms with Crippen molar-refractivity contribution in [2.75, 3.05) is 0 Å². The fraction of sp³-hybridized carbons (Fsp3) is 0.500. The number of nitrogens with one attached hydrogen (secondary N) is 1. The van der Waals surface area contributed by atoms with E-state index in [0.717, 1.165) is 0 Å². The molecule has 0 aliphatic heterocycles. The summed E-state index contributed by atoms with van der Waals surface area (Å²) in [6, 6.07) is 0. The number of carbonyl (C=O) groups excluding carboxylic acids is 1. The van der Waals surface area contributed by atoms with Crippen LogP contribution in [-0.4, -0.2) is 11.1 Å². The Morgan fingerprint density at radius 3 is 2.90 bits per heavy atom. The minimum absolute atomic E-state index is 0.172. The molecular formula is C6H8FNO2. The summed E-state index contributed by atoms with van der Waals surface area (Å²) in [5.41, 5.74) is 1.46. The van der Waals surface area contributed by atoms with Crippen molar-refractivity contribution in [1.82, 2.24) is 5.48 Å². The molecule has 0 aromatic heterocycles. The summed E-state index contributed by atoms with van der Waals surface area (Å²) in [6.45, 7) is 0. The molecule has 0 aromatic rings. The van der Waals surface area contributed by atoms with E-state index < -0.39 is 5.91 Å². The summed E-state index contributed by atoms with van der Waals surface area (Å²) < 4.78 is 11.1. The zero-order chi connectivity index (χ0) is 7.82. The van der Waals surface area contributed by atoms with Gasteiger partial charge in [-0.05, 0) is 6.42 Å². The van der Waals surface area contributed by atoms with E-state index in [-0.39, 0.29) is 6.42 Å². The lowest BCUT2D eigenvalue weighted by Gasteiger charge is -1.92. The third kappa shape index (κ3) is 5.06. The Morgan fingerprint density at radius 2 is 2.40 bits per heavy atom. The molecular weight excluding hydrogens is 137 g/mol. The third-order valence-corrected chi connectivity index (χ3v) is 0.897. The van der Waals surface area contributed by atoms with E-state index in [9.17, 15) is 9.18 Å². The Kier molecular flexibility index (Phi) is 5.39. The van der Waals surface area contributed by atoms with Crippen molar-refractivity contribution >= 4 is 5.91 Å². The predicted molar refractivity (Wildman–Crippen MR) is 32.7 cm³/mol. The van der Waals surface area contributed by atoms with Gasteiger partial charge in [-0.3, -0.25) is 10.0 Å². The van der Waals surface area contributed by atoms with Crippen molar-refractivity contribution in [3.05, 3.63) is 0 Å². The Bertz CT molecular complexity index is 159. The largest absolute Gasteiger partial charge is 0.289 e. The van der Waals surface area contributed by atoms with Crippen LogP contribution in [0.1, 0.15) is 19.3 Å². The minimum Gasteiger partial charge on any atom is -0.289 e. The highest BCUT2D eigenvalue weighted by Crippen LogP contribution is 1.92. The fourth-order valence-corrected chi connectivity index (χ4v) is 0.440. The molecule has 0 rings (SSSR count). The Labute approximate surface area is 58.2 Å². The second-order valence-electron chi connectivity index (χ2n) is 1.66. The van der Waals surface area contributed by atoms with E-state index in [0.29, 0.717) is 12.8 Å². The average molecular weight is 145 g/mol. The average Bonchev–Trinajstić information content (AvgIpc) is 1.98. The Balaban J connectivity index is 3.17. The molecule has 0 bridgehead atoms. The van der Waals surface area contributed by atoms with Crippen molar-refractivity contribution in [3.8, 4) is 12.1 Å². The summed E-state index contributed by atoms with van der Waals surface area (Å²) in [5.74, 6) is 1.68. The van der Waals surface area contributed by atoms with Crippen LogP contribution >= 0.6 is 0 Å². The van der Waals surface area contributed by atoms with Gasteiger partial charge in [0.25, 0.3) is 0 Å². The van der Waals surface area contributed by atoms with Crippen LogP contribution in [0.5, 0.6) is 0 Å². The number of rotatable bonds is 3. The number of amides is 1. The highest BCUT2D eigenvalue weighted by atomic mass is 19.1. The topological polar surface area (TPSA) is 49.3 Å². The summed E-state index contributed by atoms with van der Waals surface area (Å²) in [4.78, 5) is 10.3. The molecule has 0 saturated carbocycles. The van der Waals surface area contributed by atoms with Gasteiger partial charge in [0.05, 0.1) is 0 Å². The van der Waals surface area contributed by atoms with Crippen molar-refractivity contribution in [2.45, 2.75) is 19.3 Å². The fourth-order valence-electron chi connectivity index (χ4n) is 0.440. The highest BCUT2D eigenvalue weighted by molar-refractivity contribution is 5.74. The number of halogens is 1. The van der Waals surface area contributed by atoms with E-state index in [4.69, 9.17) is 5.21 Å². The van der Waals surface area contributed by atoms with E-state index >= 15 is 0 Å². The molecule has 3 nitrogen and oxygen atoms in total. The predicted octanol–water partition coefficient (Wildman–Crippen LogP) is 0.593. The van der Waals surface area contributed by atoms with Gasteiger partial charge in [0.2, 0.25) is 5.91 Å². The van der Waals surface area contributed by atoms with Crippen LogP contribution in [0.2, 0.25) is 0 Å². The molecule has 0 saturated heterocycles. The number of hydroxylamine groups is 1. The molecule has 0 atom stereocenters. The van der Waals surface area contributed by atoms with Crippen molar-refractivity contribution in [3.63, 3.8) is 0 Å². The first-order valence-corrected chi connectivity index (χ1v) is 2.82. The lowest BCUT2D eigenvalue weighted by molar-refractivity contribution is -0.129. The van der Waals surface area contributed by atoms with Crippen LogP contribution in [0.15, 0.2) is 0 Å². The standard InChI is InChI=1S/C6H8FNO2/c7-5-3-1-2-4-6(9)8-10/h10H,1-2,4H2,(H,8,9). The van der Waals surface area contributed by atoms with Crippen LogP contribution in [0.25, 0.3) is 0 Å². The van der Waals surface area contributed by atoms with Crippen molar-refractivity contribution < 1.29 is 14.4 Å². The maximum atomic E-state index is 11.1. The highest BCUT2D eigenvalue weighted by Gasteiger charge is 1.95. The molecule has 4 heteroatoms. The maximum absolute atomic E-state index is 11.1. The van der Waals surface area contributed by atoms with Gasteiger partial charge in [0.1, 0.15) is 6.17 Å². The summed E-state index contributed by atoms with van der Waals surface area (Å²) >= 11 is 0. The number of hydrogen-bond donors (Lipinski definition) is 2. The molecule has 0 radical (unpaired) electrons. The normalized spacial score (nSPS) is 7.80. The first-order chi connectivity index (χ1) is 4.81. The first-order valence-electron chi connectivity index (χ1n) is 2.82. The SMILES string of the molecule is O=C(CCCC#CF)NO. The number of hydrogen-bond acceptors (Lipinski definition) is 2. The van der Waals surface area contributed by atoms with Crippen LogP contribution < -0.4 is 5.48 Å². The molecule has 2 N–H and O–H groups in total. The van der Waals surface area contributed by atoms with Gasteiger partial charge in [-0.2, -0.15) is 0 Å². The van der Waals surface area contributed by atoms with E-state index in [1.54, 1.807) is 0 Å². The number of carbonyl (C=O) groups is 1. The minimum atomic E-state index is -0.472. The molecule has 56 valence electrons. The summed E-state index contributed by atoms with van der Waals surface area (Å²) in [6.07, 6.45) is 2.19. The smallest absolute Gasteiger partial charge is 0.243 e. The van der Waals surface area contributed by atoms with E-state index in [2.05, 4.69) is 5.92 Å². The van der Waals surface area contributed by atoms with Crippen LogP contribution in [-0.2, 0) is 4.79 Å². The van der Waals surface area contributed by atoms with Crippen LogP contribution in [0.4, 0.5) is 4.39 Å². The lowest BCUT2D eigenvalue weighted by atomic mass is 10.2. The van der Waals surface area contributed by atoms with E-state index in [1.807, 2.05) is 0 Å². The monoisotopic (exact) mass is 145 g/mol. The quantitative estimate of drug-likeness (QED) is 0.264. The molecule has 0 aliphatic rings. The lowest BCUT2D eigenvalue weighted by Crippen LogP contribution is -2.17.